The third-order valence-corrected chi connectivity index (χ3v) is 5.19. The Balaban J connectivity index is 1.87. The van der Waals surface area contributed by atoms with E-state index in [4.69, 9.17) is 5.73 Å². The van der Waals surface area contributed by atoms with Crippen LogP contribution in [0.4, 0.5) is 0 Å². The van der Waals surface area contributed by atoms with Gasteiger partial charge in [-0.25, -0.2) is 0 Å². The number of benzene rings is 1. The topological polar surface area (TPSA) is 75.4 Å². The summed E-state index contributed by atoms with van der Waals surface area (Å²) in [5.74, 6) is -0.354. The normalized spacial score (nSPS) is 27.3. The summed E-state index contributed by atoms with van der Waals surface area (Å²) in [5.41, 5.74) is 7.13. The molecule has 3 rings (SSSR count). The van der Waals surface area contributed by atoms with Crippen molar-refractivity contribution >= 4 is 11.8 Å². The highest BCUT2D eigenvalue weighted by molar-refractivity contribution is 5.93. The Morgan fingerprint density at radius 2 is 2.04 bits per heavy atom. The van der Waals surface area contributed by atoms with Crippen LogP contribution in [0, 0.1) is 6.92 Å². The summed E-state index contributed by atoms with van der Waals surface area (Å²) in [6, 6.07) is 7.95. The zero-order valence-electron chi connectivity index (χ0n) is 13.7. The maximum Gasteiger partial charge on any atom is 0.243 e. The van der Waals surface area contributed by atoms with E-state index in [1.807, 2.05) is 31.2 Å². The number of likely N-dealkylation sites (tertiary alicyclic amines) is 1. The molecule has 2 fully saturated rings. The second-order valence-corrected chi connectivity index (χ2v) is 6.80. The molecule has 2 aliphatic rings. The minimum atomic E-state index is -0.878. The third-order valence-electron chi connectivity index (χ3n) is 5.19. The van der Waals surface area contributed by atoms with E-state index in [1.165, 1.54) is 5.56 Å². The van der Waals surface area contributed by atoms with Crippen molar-refractivity contribution in [2.24, 2.45) is 5.73 Å². The van der Waals surface area contributed by atoms with Gasteiger partial charge in [-0.15, -0.1) is 0 Å². The van der Waals surface area contributed by atoms with Gasteiger partial charge in [-0.05, 0) is 44.7 Å². The smallest absolute Gasteiger partial charge is 0.243 e. The minimum absolute atomic E-state index is 0.0333. The van der Waals surface area contributed by atoms with Crippen LogP contribution in [-0.2, 0) is 16.0 Å². The fourth-order valence-electron chi connectivity index (χ4n) is 3.85. The summed E-state index contributed by atoms with van der Waals surface area (Å²) in [5, 5.41) is 3.24. The van der Waals surface area contributed by atoms with Crippen LogP contribution in [0.15, 0.2) is 24.3 Å². The van der Waals surface area contributed by atoms with Crippen molar-refractivity contribution in [3.8, 4) is 0 Å². The molecule has 1 aromatic rings. The predicted octanol–water partition coefficient (Wildman–Crippen LogP) is 1.14. The first-order chi connectivity index (χ1) is 11.0. The summed E-state index contributed by atoms with van der Waals surface area (Å²) in [7, 11) is 0. The highest BCUT2D eigenvalue weighted by Gasteiger charge is 2.49. The Kier molecular flexibility index (Phi) is 4.39. The molecular formula is C18H25N3O2. The number of primary amides is 1. The van der Waals surface area contributed by atoms with Crippen molar-refractivity contribution in [2.45, 2.75) is 50.6 Å². The van der Waals surface area contributed by atoms with Gasteiger partial charge >= 0.3 is 0 Å². The average Bonchev–Trinajstić information content (AvgIpc) is 3.19. The number of carbonyl (C=O) groups excluding carboxylic acids is 2. The van der Waals surface area contributed by atoms with Crippen LogP contribution < -0.4 is 11.1 Å². The van der Waals surface area contributed by atoms with Crippen molar-refractivity contribution in [1.82, 2.24) is 10.2 Å². The van der Waals surface area contributed by atoms with E-state index < -0.39 is 5.54 Å². The standard InChI is InChI=1S/C18H25N3O2/c1-13-5-7-14(8-6-13)12-18(17(19)23)9-3-11-21(18)16(22)15-4-2-10-20-15/h5-8,15,20H,2-4,9-12H2,1H3,(H2,19,23)/t15?,18-/m0/s1. The van der Waals surface area contributed by atoms with Gasteiger partial charge in [-0.3, -0.25) is 9.59 Å². The second kappa shape index (κ2) is 6.32. The molecule has 124 valence electrons. The summed E-state index contributed by atoms with van der Waals surface area (Å²) in [6.07, 6.45) is 3.82. The van der Waals surface area contributed by atoms with Crippen LogP contribution in [-0.4, -0.2) is 41.4 Å². The number of aryl methyl sites for hydroxylation is 1. The van der Waals surface area contributed by atoms with Gasteiger partial charge in [0.25, 0.3) is 0 Å². The molecule has 2 aliphatic heterocycles. The van der Waals surface area contributed by atoms with Gasteiger partial charge in [-0.1, -0.05) is 29.8 Å². The van der Waals surface area contributed by atoms with Crippen molar-refractivity contribution in [3.63, 3.8) is 0 Å². The van der Waals surface area contributed by atoms with Gasteiger partial charge < -0.3 is 16.0 Å². The number of rotatable bonds is 4. The molecule has 2 amide bonds. The average molecular weight is 315 g/mol. The zero-order valence-corrected chi connectivity index (χ0v) is 13.7. The largest absolute Gasteiger partial charge is 0.368 e. The Hall–Kier alpha value is -1.88. The molecular weight excluding hydrogens is 290 g/mol. The van der Waals surface area contributed by atoms with Crippen LogP contribution in [0.25, 0.3) is 0 Å². The van der Waals surface area contributed by atoms with Crippen LogP contribution in [0.2, 0.25) is 0 Å². The first-order valence-electron chi connectivity index (χ1n) is 8.43. The Labute approximate surface area is 137 Å². The first-order valence-corrected chi connectivity index (χ1v) is 8.43. The molecule has 0 bridgehead atoms. The molecule has 5 heteroatoms. The molecule has 0 aliphatic carbocycles. The molecule has 1 aromatic carbocycles. The predicted molar refractivity (Wildman–Crippen MR) is 88.8 cm³/mol. The molecule has 5 nitrogen and oxygen atoms in total. The lowest BCUT2D eigenvalue weighted by atomic mass is 9.86. The van der Waals surface area contributed by atoms with E-state index in [0.29, 0.717) is 19.4 Å². The van der Waals surface area contributed by atoms with Crippen molar-refractivity contribution in [3.05, 3.63) is 35.4 Å². The van der Waals surface area contributed by atoms with Gasteiger partial charge in [0.1, 0.15) is 5.54 Å². The lowest BCUT2D eigenvalue weighted by Gasteiger charge is -2.37. The van der Waals surface area contributed by atoms with E-state index >= 15 is 0 Å². The van der Waals surface area contributed by atoms with E-state index in [1.54, 1.807) is 4.90 Å². The van der Waals surface area contributed by atoms with Crippen LogP contribution >= 0.6 is 0 Å². The summed E-state index contributed by atoms with van der Waals surface area (Å²) in [6.45, 7) is 3.52. The molecule has 23 heavy (non-hydrogen) atoms. The lowest BCUT2D eigenvalue weighted by molar-refractivity contribution is -0.144. The number of hydrogen-bond acceptors (Lipinski definition) is 3. The molecule has 0 aromatic heterocycles. The minimum Gasteiger partial charge on any atom is -0.368 e. The maximum absolute atomic E-state index is 12.9. The lowest BCUT2D eigenvalue weighted by Crippen LogP contribution is -2.60. The van der Waals surface area contributed by atoms with Crippen LogP contribution in [0.5, 0.6) is 0 Å². The Morgan fingerprint density at radius 3 is 2.65 bits per heavy atom. The van der Waals surface area contributed by atoms with Gasteiger partial charge in [0, 0.05) is 13.0 Å². The van der Waals surface area contributed by atoms with Gasteiger partial charge in [0.05, 0.1) is 6.04 Å². The molecule has 3 N–H and O–H groups in total. The zero-order chi connectivity index (χ0) is 16.4. The molecule has 0 saturated carbocycles. The van der Waals surface area contributed by atoms with Gasteiger partial charge in [0.15, 0.2) is 0 Å². The van der Waals surface area contributed by atoms with Crippen molar-refractivity contribution in [1.29, 1.82) is 0 Å². The highest BCUT2D eigenvalue weighted by Crippen LogP contribution is 2.34. The summed E-state index contributed by atoms with van der Waals surface area (Å²) in [4.78, 5) is 26.9. The summed E-state index contributed by atoms with van der Waals surface area (Å²) >= 11 is 0. The molecule has 2 heterocycles. The number of nitrogens with zero attached hydrogens (tertiary/aromatic N) is 1. The van der Waals surface area contributed by atoms with E-state index in [-0.39, 0.29) is 17.9 Å². The van der Waals surface area contributed by atoms with Crippen LogP contribution in [0.3, 0.4) is 0 Å². The number of amides is 2. The SMILES string of the molecule is Cc1ccc(C[C@]2(C(N)=O)CCCN2C(=O)C2CCCN2)cc1. The van der Waals surface area contributed by atoms with E-state index in [0.717, 1.165) is 31.4 Å². The number of carbonyl (C=O) groups is 2. The monoisotopic (exact) mass is 315 g/mol. The van der Waals surface area contributed by atoms with Gasteiger partial charge in [0.2, 0.25) is 11.8 Å². The third kappa shape index (κ3) is 2.98. The number of hydrogen-bond donors (Lipinski definition) is 2. The number of nitrogens with two attached hydrogens (primary N) is 1. The highest BCUT2D eigenvalue weighted by atomic mass is 16.2. The van der Waals surface area contributed by atoms with E-state index in [9.17, 15) is 9.59 Å². The molecule has 0 spiro atoms. The fourth-order valence-corrected chi connectivity index (χ4v) is 3.85. The molecule has 1 unspecified atom stereocenters. The fraction of sp³-hybridized carbons (Fsp3) is 0.556. The molecule has 2 atom stereocenters. The first kappa shape index (κ1) is 16.0. The Morgan fingerprint density at radius 1 is 1.30 bits per heavy atom. The number of nitrogens with one attached hydrogen (secondary N) is 1. The quantitative estimate of drug-likeness (QED) is 0.875. The van der Waals surface area contributed by atoms with E-state index in [2.05, 4.69) is 5.32 Å². The van der Waals surface area contributed by atoms with Crippen LogP contribution in [0.1, 0.15) is 36.8 Å². The molecule has 2 saturated heterocycles. The Bertz CT molecular complexity index is 593. The second-order valence-electron chi connectivity index (χ2n) is 6.80. The van der Waals surface area contributed by atoms with Crippen molar-refractivity contribution < 1.29 is 9.59 Å². The van der Waals surface area contributed by atoms with Gasteiger partial charge in [-0.2, -0.15) is 0 Å². The maximum atomic E-state index is 12.9. The van der Waals surface area contributed by atoms with Crippen molar-refractivity contribution in [2.75, 3.05) is 13.1 Å². The summed E-state index contributed by atoms with van der Waals surface area (Å²) < 4.78 is 0. The molecule has 0 radical (unpaired) electrons.